The zero-order valence-electron chi connectivity index (χ0n) is 17.6. The molecule has 2 saturated heterocycles. The van der Waals surface area contributed by atoms with Crippen molar-refractivity contribution in [3.63, 3.8) is 0 Å². The second-order valence-electron chi connectivity index (χ2n) is 8.54. The van der Waals surface area contributed by atoms with Crippen LogP contribution in [0.25, 0.3) is 0 Å². The molecule has 2 aromatic rings. The number of piperidine rings is 1. The van der Waals surface area contributed by atoms with Crippen molar-refractivity contribution in [3.8, 4) is 0 Å². The number of hydrogen-bond acceptors (Lipinski definition) is 6. The molecule has 1 atom stereocenters. The highest BCUT2D eigenvalue weighted by Crippen LogP contribution is 2.29. The standard InChI is InChI=1S/C23H26N4O3S/c1-15-2-7-21(31-15)26-10-8-25(9-11-26)13-16-3-4-18-17(12-16)14-27(23(18)30)19-5-6-20(28)24-22(19)29/h2-4,7,12,19H,5-6,8-11,13-14H2,1H3,(H,24,28,29). The number of thiophene rings is 1. The van der Waals surface area contributed by atoms with Gasteiger partial charge in [0.15, 0.2) is 0 Å². The molecule has 0 bridgehead atoms. The zero-order valence-corrected chi connectivity index (χ0v) is 18.4. The van der Waals surface area contributed by atoms with Crippen LogP contribution in [0.1, 0.15) is 39.2 Å². The first-order valence-corrected chi connectivity index (χ1v) is 11.6. The van der Waals surface area contributed by atoms with Gasteiger partial charge in [0.1, 0.15) is 6.04 Å². The Hall–Kier alpha value is -2.71. The molecule has 0 radical (unpaired) electrons. The Morgan fingerprint density at radius 1 is 1.06 bits per heavy atom. The van der Waals surface area contributed by atoms with E-state index in [1.807, 2.05) is 23.5 Å². The van der Waals surface area contributed by atoms with Crippen LogP contribution in [0.3, 0.4) is 0 Å². The zero-order chi connectivity index (χ0) is 21.5. The molecule has 2 fully saturated rings. The van der Waals surface area contributed by atoms with E-state index in [4.69, 9.17) is 0 Å². The van der Waals surface area contributed by atoms with Crippen molar-refractivity contribution in [1.82, 2.24) is 15.1 Å². The normalized spacial score (nSPS) is 22.1. The Bertz CT molecular complexity index is 1040. The quantitative estimate of drug-likeness (QED) is 0.741. The maximum absolute atomic E-state index is 12.8. The van der Waals surface area contributed by atoms with Crippen molar-refractivity contribution in [1.29, 1.82) is 0 Å². The summed E-state index contributed by atoms with van der Waals surface area (Å²) < 4.78 is 0. The van der Waals surface area contributed by atoms with Gasteiger partial charge in [-0.3, -0.25) is 24.6 Å². The van der Waals surface area contributed by atoms with E-state index in [0.29, 0.717) is 18.5 Å². The van der Waals surface area contributed by atoms with Crippen molar-refractivity contribution in [2.75, 3.05) is 31.1 Å². The van der Waals surface area contributed by atoms with Gasteiger partial charge in [0, 0.05) is 56.1 Å². The molecule has 7 nitrogen and oxygen atoms in total. The van der Waals surface area contributed by atoms with Crippen LogP contribution in [0.5, 0.6) is 0 Å². The van der Waals surface area contributed by atoms with Gasteiger partial charge in [-0.15, -0.1) is 11.3 Å². The second kappa shape index (κ2) is 8.09. The fourth-order valence-corrected chi connectivity index (χ4v) is 5.62. The summed E-state index contributed by atoms with van der Waals surface area (Å²) in [6, 6.07) is 9.85. The van der Waals surface area contributed by atoms with Crippen LogP contribution in [0, 0.1) is 6.92 Å². The molecular formula is C23H26N4O3S. The van der Waals surface area contributed by atoms with Gasteiger partial charge in [0.05, 0.1) is 5.00 Å². The lowest BCUT2D eigenvalue weighted by Gasteiger charge is -2.35. The molecule has 1 N–H and O–H groups in total. The number of aryl methyl sites for hydroxylation is 1. The van der Waals surface area contributed by atoms with Crippen molar-refractivity contribution >= 4 is 34.1 Å². The van der Waals surface area contributed by atoms with Gasteiger partial charge in [-0.1, -0.05) is 12.1 Å². The molecule has 0 aliphatic carbocycles. The molecule has 0 spiro atoms. The predicted molar refractivity (Wildman–Crippen MR) is 119 cm³/mol. The highest BCUT2D eigenvalue weighted by molar-refractivity contribution is 7.16. The number of benzene rings is 1. The van der Waals surface area contributed by atoms with Gasteiger partial charge >= 0.3 is 0 Å². The number of carbonyl (C=O) groups is 3. The summed E-state index contributed by atoms with van der Waals surface area (Å²) in [5, 5.41) is 3.70. The number of rotatable bonds is 4. The van der Waals surface area contributed by atoms with Gasteiger partial charge in [0.25, 0.3) is 5.91 Å². The number of imide groups is 1. The van der Waals surface area contributed by atoms with Crippen LogP contribution >= 0.6 is 11.3 Å². The lowest BCUT2D eigenvalue weighted by Crippen LogP contribution is -2.52. The number of nitrogens with zero attached hydrogens (tertiary/aromatic N) is 3. The van der Waals surface area contributed by atoms with E-state index < -0.39 is 6.04 Å². The smallest absolute Gasteiger partial charge is 0.255 e. The van der Waals surface area contributed by atoms with E-state index >= 15 is 0 Å². The number of anilines is 1. The minimum atomic E-state index is -0.560. The summed E-state index contributed by atoms with van der Waals surface area (Å²) in [4.78, 5) is 44.3. The molecule has 5 rings (SSSR count). The maximum Gasteiger partial charge on any atom is 0.255 e. The van der Waals surface area contributed by atoms with E-state index in [1.54, 1.807) is 4.90 Å². The van der Waals surface area contributed by atoms with E-state index in [-0.39, 0.29) is 24.1 Å². The molecule has 0 saturated carbocycles. The molecule has 1 aromatic heterocycles. The Morgan fingerprint density at radius 2 is 1.87 bits per heavy atom. The van der Waals surface area contributed by atoms with E-state index in [9.17, 15) is 14.4 Å². The van der Waals surface area contributed by atoms with Crippen molar-refractivity contribution in [2.24, 2.45) is 0 Å². The fraction of sp³-hybridized carbons (Fsp3) is 0.435. The molecule has 1 aromatic carbocycles. The highest BCUT2D eigenvalue weighted by Gasteiger charge is 2.39. The number of carbonyl (C=O) groups excluding carboxylic acids is 3. The summed E-state index contributed by atoms with van der Waals surface area (Å²) in [6.07, 6.45) is 0.671. The molecule has 4 heterocycles. The molecule has 3 amide bonds. The SMILES string of the molecule is Cc1ccc(N2CCN(Cc3ccc4c(c3)CN(C3CCC(=O)NC3=O)C4=O)CC2)s1. The van der Waals surface area contributed by atoms with Crippen LogP contribution in [0.4, 0.5) is 5.00 Å². The second-order valence-corrected chi connectivity index (χ2v) is 9.81. The van der Waals surface area contributed by atoms with Gasteiger partial charge in [-0.05, 0) is 42.7 Å². The largest absolute Gasteiger partial charge is 0.361 e. The van der Waals surface area contributed by atoms with Crippen molar-refractivity contribution in [3.05, 3.63) is 51.9 Å². The molecular weight excluding hydrogens is 412 g/mol. The molecule has 3 aliphatic heterocycles. The molecule has 1 unspecified atom stereocenters. The molecule has 8 heteroatoms. The van der Waals surface area contributed by atoms with Crippen LogP contribution in [-0.2, 0) is 22.7 Å². The van der Waals surface area contributed by atoms with Gasteiger partial charge in [-0.25, -0.2) is 0 Å². The Labute approximate surface area is 185 Å². The van der Waals surface area contributed by atoms with Gasteiger partial charge < -0.3 is 9.80 Å². The first-order chi connectivity index (χ1) is 15.0. The third-order valence-corrected chi connectivity index (χ3v) is 7.47. The first-order valence-electron chi connectivity index (χ1n) is 10.8. The molecule has 3 aliphatic rings. The number of nitrogens with one attached hydrogen (secondary N) is 1. The summed E-state index contributed by atoms with van der Waals surface area (Å²) in [6.45, 7) is 7.49. The molecule has 162 valence electrons. The fourth-order valence-electron chi connectivity index (χ4n) is 4.70. The van der Waals surface area contributed by atoms with Crippen molar-refractivity contribution in [2.45, 2.75) is 38.9 Å². The van der Waals surface area contributed by atoms with Crippen LogP contribution in [0.15, 0.2) is 30.3 Å². The Morgan fingerprint density at radius 3 is 2.58 bits per heavy atom. The van der Waals surface area contributed by atoms with Gasteiger partial charge in [-0.2, -0.15) is 0 Å². The number of piperazine rings is 1. The predicted octanol–water partition coefficient (Wildman–Crippen LogP) is 2.14. The first kappa shape index (κ1) is 20.2. The van der Waals surface area contributed by atoms with E-state index in [2.05, 4.69) is 40.2 Å². The number of hydrogen-bond donors (Lipinski definition) is 1. The third kappa shape index (κ3) is 3.97. The van der Waals surface area contributed by atoms with Crippen LogP contribution in [0.2, 0.25) is 0 Å². The Balaban J connectivity index is 1.22. The summed E-state index contributed by atoms with van der Waals surface area (Å²) >= 11 is 1.85. The lowest BCUT2D eigenvalue weighted by atomic mass is 10.0. The minimum Gasteiger partial charge on any atom is -0.361 e. The Kier molecular flexibility index (Phi) is 5.27. The average Bonchev–Trinajstić information content (AvgIpc) is 3.32. The minimum absolute atomic E-state index is 0.115. The highest BCUT2D eigenvalue weighted by atomic mass is 32.1. The average molecular weight is 439 g/mol. The summed E-state index contributed by atoms with van der Waals surface area (Å²) in [7, 11) is 0. The third-order valence-electron chi connectivity index (χ3n) is 6.40. The monoisotopic (exact) mass is 438 g/mol. The van der Waals surface area contributed by atoms with E-state index in [1.165, 1.54) is 15.4 Å². The lowest BCUT2D eigenvalue weighted by molar-refractivity contribution is -0.136. The summed E-state index contributed by atoms with van der Waals surface area (Å²) in [5.41, 5.74) is 2.84. The topological polar surface area (TPSA) is 73.0 Å². The molecule has 31 heavy (non-hydrogen) atoms. The van der Waals surface area contributed by atoms with Crippen LogP contribution < -0.4 is 10.2 Å². The van der Waals surface area contributed by atoms with E-state index in [0.717, 1.165) is 38.3 Å². The number of fused-ring (bicyclic) bond motifs is 1. The number of amides is 3. The van der Waals surface area contributed by atoms with Gasteiger partial charge in [0.2, 0.25) is 11.8 Å². The summed E-state index contributed by atoms with van der Waals surface area (Å²) in [5.74, 6) is -0.741. The maximum atomic E-state index is 12.8. The van der Waals surface area contributed by atoms with Crippen LogP contribution in [-0.4, -0.2) is 59.7 Å². The van der Waals surface area contributed by atoms with Crippen molar-refractivity contribution < 1.29 is 14.4 Å².